The molecule has 0 bridgehead atoms. The minimum atomic E-state index is 0.346. The van der Waals surface area contributed by atoms with Gasteiger partial charge in [0.25, 0.3) is 0 Å². The normalized spacial score (nSPS) is 15.1. The van der Waals surface area contributed by atoms with Gasteiger partial charge in [0.1, 0.15) is 5.75 Å². The Morgan fingerprint density at radius 3 is 2.59 bits per heavy atom. The number of phenols is 1. The second-order valence-corrected chi connectivity index (χ2v) is 6.76. The molecule has 3 rings (SSSR count). The van der Waals surface area contributed by atoms with Crippen LogP contribution in [0.15, 0.2) is 47.6 Å². The van der Waals surface area contributed by atoms with E-state index in [0.29, 0.717) is 5.75 Å². The molecule has 0 atom stereocenters. The smallest absolute Gasteiger partial charge is 0.194 e. The summed E-state index contributed by atoms with van der Waals surface area (Å²) in [5.74, 6) is 1.31. The van der Waals surface area contributed by atoms with Crippen molar-refractivity contribution in [3.05, 3.63) is 53.9 Å². The number of aliphatic imine (C=N–C) groups is 1. The maximum atomic E-state index is 10.1. The third kappa shape index (κ3) is 5.12. The van der Waals surface area contributed by atoms with Crippen molar-refractivity contribution in [1.82, 2.24) is 15.2 Å². The fraction of sp³-hybridized carbons (Fsp3) is 0.429. The molecule has 0 spiro atoms. The van der Waals surface area contributed by atoms with Crippen LogP contribution < -0.4 is 10.2 Å². The summed E-state index contributed by atoms with van der Waals surface area (Å²) in [6.45, 7) is 9.18. The zero-order valence-corrected chi connectivity index (χ0v) is 16.2. The highest BCUT2D eigenvalue weighted by Gasteiger charge is 2.21. The molecule has 1 fully saturated rings. The zero-order valence-electron chi connectivity index (χ0n) is 16.2. The lowest BCUT2D eigenvalue weighted by Gasteiger charge is -2.37. The van der Waals surface area contributed by atoms with Crippen molar-refractivity contribution in [3.63, 3.8) is 0 Å². The van der Waals surface area contributed by atoms with Crippen LogP contribution in [0.3, 0.4) is 0 Å². The van der Waals surface area contributed by atoms with Crippen molar-refractivity contribution in [1.29, 1.82) is 0 Å². The molecule has 6 heteroatoms. The fourth-order valence-electron chi connectivity index (χ4n) is 3.25. The minimum absolute atomic E-state index is 0.346. The van der Waals surface area contributed by atoms with E-state index in [-0.39, 0.29) is 0 Å². The van der Waals surface area contributed by atoms with E-state index in [1.54, 1.807) is 6.07 Å². The Bertz CT molecular complexity index is 751. The molecule has 144 valence electrons. The third-order valence-corrected chi connectivity index (χ3v) is 4.77. The van der Waals surface area contributed by atoms with Gasteiger partial charge in [-0.1, -0.05) is 18.2 Å². The molecule has 1 aliphatic heterocycles. The maximum absolute atomic E-state index is 10.1. The highest BCUT2D eigenvalue weighted by atomic mass is 16.3. The number of guanidine groups is 1. The van der Waals surface area contributed by atoms with Crippen molar-refractivity contribution < 1.29 is 5.11 Å². The van der Waals surface area contributed by atoms with Crippen molar-refractivity contribution in [2.75, 3.05) is 44.2 Å². The monoisotopic (exact) mass is 367 g/mol. The molecular formula is C21H29N5O. The zero-order chi connectivity index (χ0) is 19.1. The van der Waals surface area contributed by atoms with Crippen LogP contribution >= 0.6 is 0 Å². The topological polar surface area (TPSA) is 64.0 Å². The average Bonchev–Trinajstić information content (AvgIpc) is 2.69. The Hall–Kier alpha value is -2.76. The number of phenolic OH excluding ortho intramolecular Hbond substituents is 1. The Morgan fingerprint density at radius 2 is 1.93 bits per heavy atom. The summed E-state index contributed by atoms with van der Waals surface area (Å²) >= 11 is 0. The molecular weight excluding hydrogens is 338 g/mol. The molecule has 2 heterocycles. The predicted molar refractivity (Wildman–Crippen MR) is 111 cm³/mol. The number of benzene rings is 1. The third-order valence-electron chi connectivity index (χ3n) is 4.77. The second kappa shape index (κ2) is 9.26. The van der Waals surface area contributed by atoms with Gasteiger partial charge in [-0.3, -0.25) is 9.98 Å². The van der Waals surface area contributed by atoms with E-state index >= 15 is 0 Å². The summed E-state index contributed by atoms with van der Waals surface area (Å²) in [7, 11) is 0. The number of para-hydroxylation sites is 2. The molecule has 0 saturated carbocycles. The van der Waals surface area contributed by atoms with Gasteiger partial charge in [0.15, 0.2) is 5.96 Å². The number of aromatic nitrogens is 1. The van der Waals surface area contributed by atoms with E-state index < -0.39 is 0 Å². The van der Waals surface area contributed by atoms with Crippen molar-refractivity contribution >= 4 is 11.6 Å². The predicted octanol–water partition coefficient (Wildman–Crippen LogP) is 2.43. The highest BCUT2D eigenvalue weighted by molar-refractivity contribution is 5.80. The molecule has 0 aliphatic carbocycles. The molecule has 0 unspecified atom stereocenters. The lowest BCUT2D eigenvalue weighted by atomic mass is 10.2. The van der Waals surface area contributed by atoms with Gasteiger partial charge in [0.2, 0.25) is 0 Å². The number of aromatic hydroxyl groups is 1. The Morgan fingerprint density at radius 1 is 1.15 bits per heavy atom. The fourth-order valence-corrected chi connectivity index (χ4v) is 3.25. The number of rotatable bonds is 5. The summed E-state index contributed by atoms with van der Waals surface area (Å²) in [4.78, 5) is 13.7. The van der Waals surface area contributed by atoms with Gasteiger partial charge in [0.05, 0.1) is 5.69 Å². The average molecular weight is 367 g/mol. The molecule has 0 amide bonds. The first-order chi connectivity index (χ1) is 13.2. The van der Waals surface area contributed by atoms with E-state index in [1.807, 2.05) is 37.4 Å². The number of pyridine rings is 1. The van der Waals surface area contributed by atoms with E-state index in [9.17, 15) is 5.11 Å². The first kappa shape index (κ1) is 19.0. The number of nitrogens with one attached hydrogen (secondary N) is 1. The lowest BCUT2D eigenvalue weighted by Crippen LogP contribution is -2.52. The van der Waals surface area contributed by atoms with Gasteiger partial charge in [-0.15, -0.1) is 0 Å². The summed E-state index contributed by atoms with van der Waals surface area (Å²) in [6.07, 6.45) is 2.82. The first-order valence-corrected chi connectivity index (χ1v) is 9.65. The van der Waals surface area contributed by atoms with Crippen LogP contribution in [0.4, 0.5) is 5.69 Å². The number of nitrogens with zero attached hydrogens (tertiary/aromatic N) is 4. The number of hydrogen-bond acceptors (Lipinski definition) is 4. The maximum Gasteiger partial charge on any atom is 0.194 e. The first-order valence-electron chi connectivity index (χ1n) is 9.65. The van der Waals surface area contributed by atoms with Gasteiger partial charge >= 0.3 is 0 Å². The molecule has 6 nitrogen and oxygen atoms in total. The molecule has 0 radical (unpaired) electrons. The highest BCUT2D eigenvalue weighted by Crippen LogP contribution is 2.27. The van der Waals surface area contributed by atoms with Crippen molar-refractivity contribution in [2.24, 2.45) is 4.99 Å². The minimum Gasteiger partial charge on any atom is -0.506 e. The largest absolute Gasteiger partial charge is 0.506 e. The summed E-state index contributed by atoms with van der Waals surface area (Å²) < 4.78 is 0. The molecule has 1 aromatic heterocycles. The van der Waals surface area contributed by atoms with Crippen molar-refractivity contribution in [2.45, 2.75) is 20.3 Å². The number of aryl methyl sites for hydroxylation is 1. The molecule has 2 N–H and O–H groups in total. The van der Waals surface area contributed by atoms with Crippen LogP contribution in [0.1, 0.15) is 18.2 Å². The van der Waals surface area contributed by atoms with Crippen LogP contribution in [0.2, 0.25) is 0 Å². The second-order valence-electron chi connectivity index (χ2n) is 6.76. The number of hydrogen-bond donors (Lipinski definition) is 2. The Labute approximate surface area is 161 Å². The van der Waals surface area contributed by atoms with E-state index in [0.717, 1.165) is 63.0 Å². The Balaban J connectivity index is 1.57. The number of anilines is 1. The van der Waals surface area contributed by atoms with Gasteiger partial charge in [-0.2, -0.15) is 0 Å². The molecule has 1 saturated heterocycles. The number of piperazine rings is 1. The van der Waals surface area contributed by atoms with Crippen LogP contribution in [0, 0.1) is 6.92 Å². The van der Waals surface area contributed by atoms with E-state index in [4.69, 9.17) is 4.99 Å². The van der Waals surface area contributed by atoms with Gasteiger partial charge in [0, 0.05) is 51.2 Å². The standard InChI is InChI=1S/C21H29N5O/c1-3-22-21(23-11-10-18-9-8-17(2)24-16-18)26-14-12-25(13-15-26)19-6-4-5-7-20(19)27/h4-9,16,27H,3,10-15H2,1-2H3,(H,22,23). The summed E-state index contributed by atoms with van der Waals surface area (Å²) in [5, 5.41) is 13.5. The molecule has 27 heavy (non-hydrogen) atoms. The van der Waals surface area contributed by atoms with E-state index in [2.05, 4.69) is 33.1 Å². The Kier molecular flexibility index (Phi) is 6.52. The van der Waals surface area contributed by atoms with E-state index in [1.165, 1.54) is 5.56 Å². The molecule has 1 aromatic carbocycles. The summed E-state index contributed by atoms with van der Waals surface area (Å²) in [6, 6.07) is 11.7. The van der Waals surface area contributed by atoms with Crippen molar-refractivity contribution in [3.8, 4) is 5.75 Å². The van der Waals surface area contributed by atoms with Crippen LogP contribution in [0.25, 0.3) is 0 Å². The van der Waals surface area contributed by atoms with Crippen LogP contribution in [0.5, 0.6) is 5.75 Å². The van der Waals surface area contributed by atoms with Crippen LogP contribution in [-0.2, 0) is 6.42 Å². The van der Waals surface area contributed by atoms with Crippen LogP contribution in [-0.4, -0.2) is 60.2 Å². The van der Waals surface area contributed by atoms with Gasteiger partial charge in [-0.25, -0.2) is 0 Å². The SMILES string of the molecule is CCNC(=NCCc1ccc(C)nc1)N1CCN(c2ccccc2O)CC1. The lowest BCUT2D eigenvalue weighted by molar-refractivity contribution is 0.370. The summed E-state index contributed by atoms with van der Waals surface area (Å²) in [5.41, 5.74) is 3.16. The van der Waals surface area contributed by atoms with Gasteiger partial charge < -0.3 is 20.2 Å². The molecule has 1 aliphatic rings. The van der Waals surface area contributed by atoms with Gasteiger partial charge in [-0.05, 0) is 44.0 Å². The quantitative estimate of drug-likeness (QED) is 0.628. The molecule has 2 aromatic rings.